The van der Waals surface area contributed by atoms with Crippen LogP contribution in [-0.2, 0) is 15.0 Å². The number of rotatable bonds is 2. The first kappa shape index (κ1) is 18.2. The Hall–Kier alpha value is -2.58. The predicted molar refractivity (Wildman–Crippen MR) is 86.2 cm³/mol. The molecule has 2 aliphatic heterocycles. The average molecular weight is 369 g/mol. The number of alkyl halides is 3. The van der Waals surface area contributed by atoms with Crippen molar-refractivity contribution in [2.24, 2.45) is 11.8 Å². The van der Waals surface area contributed by atoms with Crippen molar-refractivity contribution in [3.8, 4) is 0 Å². The Balaban J connectivity index is 1.66. The number of amides is 4. The van der Waals surface area contributed by atoms with E-state index in [1.54, 1.807) is 0 Å². The van der Waals surface area contributed by atoms with E-state index in [-0.39, 0.29) is 30.5 Å². The van der Waals surface area contributed by atoms with Crippen LogP contribution in [0.4, 0.5) is 23.7 Å². The molecule has 6 nitrogen and oxygen atoms in total. The SMILES string of the molecule is CC(C)(c1ccc(NC(=O)N2C[C@@H]3C(=O)NC(=O)[C@@H]3C2)cc1)C(F)(F)F. The molecule has 26 heavy (non-hydrogen) atoms. The highest BCUT2D eigenvalue weighted by Gasteiger charge is 2.49. The lowest BCUT2D eigenvalue weighted by atomic mass is 9.84. The number of carbonyl (C=O) groups is 3. The Morgan fingerprint density at radius 1 is 1.08 bits per heavy atom. The molecule has 2 saturated heterocycles. The van der Waals surface area contributed by atoms with Gasteiger partial charge in [-0.05, 0) is 31.5 Å². The van der Waals surface area contributed by atoms with Gasteiger partial charge in [0, 0.05) is 18.8 Å². The van der Waals surface area contributed by atoms with E-state index in [1.807, 2.05) is 0 Å². The monoisotopic (exact) mass is 369 g/mol. The maximum Gasteiger partial charge on any atom is 0.397 e. The van der Waals surface area contributed by atoms with Crippen LogP contribution >= 0.6 is 0 Å². The topological polar surface area (TPSA) is 78.5 Å². The van der Waals surface area contributed by atoms with Crippen LogP contribution in [0, 0.1) is 11.8 Å². The molecule has 3 rings (SSSR count). The summed E-state index contributed by atoms with van der Waals surface area (Å²) in [4.78, 5) is 36.9. The molecule has 0 bridgehead atoms. The molecule has 0 spiro atoms. The van der Waals surface area contributed by atoms with Crippen LogP contribution in [0.3, 0.4) is 0 Å². The number of carbonyl (C=O) groups excluding carboxylic acids is 3. The minimum atomic E-state index is -4.39. The molecule has 1 aromatic rings. The average Bonchev–Trinajstić information content (AvgIpc) is 3.09. The van der Waals surface area contributed by atoms with Gasteiger partial charge < -0.3 is 10.2 Å². The molecule has 0 radical (unpaired) electrons. The van der Waals surface area contributed by atoms with Crippen molar-refractivity contribution in [2.45, 2.75) is 25.4 Å². The van der Waals surface area contributed by atoms with E-state index in [1.165, 1.54) is 29.2 Å². The van der Waals surface area contributed by atoms with Gasteiger partial charge in [0.15, 0.2) is 0 Å². The molecule has 0 saturated carbocycles. The number of hydrogen-bond acceptors (Lipinski definition) is 3. The summed E-state index contributed by atoms with van der Waals surface area (Å²) in [6.07, 6.45) is -4.39. The molecule has 2 aliphatic rings. The summed E-state index contributed by atoms with van der Waals surface area (Å²) in [6.45, 7) is 2.44. The number of fused-ring (bicyclic) bond motifs is 1. The summed E-state index contributed by atoms with van der Waals surface area (Å²) in [5, 5.41) is 4.82. The molecule has 0 unspecified atom stereocenters. The lowest BCUT2D eigenvalue weighted by molar-refractivity contribution is -0.180. The number of nitrogens with zero attached hydrogens (tertiary/aromatic N) is 1. The maximum absolute atomic E-state index is 13.1. The third-order valence-corrected chi connectivity index (χ3v) is 5.09. The lowest BCUT2D eigenvalue weighted by Gasteiger charge is -2.28. The molecule has 140 valence electrons. The van der Waals surface area contributed by atoms with Crippen LogP contribution in [0.5, 0.6) is 0 Å². The van der Waals surface area contributed by atoms with Crippen LogP contribution < -0.4 is 10.6 Å². The molecule has 2 heterocycles. The highest BCUT2D eigenvalue weighted by atomic mass is 19.4. The predicted octanol–water partition coefficient (Wildman–Crippen LogP) is 2.26. The Bertz CT molecular complexity index is 737. The van der Waals surface area contributed by atoms with Gasteiger partial charge in [0.25, 0.3) is 0 Å². The zero-order chi connectivity index (χ0) is 19.3. The summed E-state index contributed by atoms with van der Waals surface area (Å²) in [5.41, 5.74) is -1.58. The van der Waals surface area contributed by atoms with E-state index in [2.05, 4.69) is 10.6 Å². The van der Waals surface area contributed by atoms with Crippen molar-refractivity contribution in [1.82, 2.24) is 10.2 Å². The number of halogens is 3. The Morgan fingerprint density at radius 2 is 1.58 bits per heavy atom. The first-order chi connectivity index (χ1) is 12.0. The van der Waals surface area contributed by atoms with Crippen molar-refractivity contribution in [3.63, 3.8) is 0 Å². The number of hydrogen-bond donors (Lipinski definition) is 2. The van der Waals surface area contributed by atoms with E-state index >= 15 is 0 Å². The molecule has 2 atom stereocenters. The van der Waals surface area contributed by atoms with Gasteiger partial charge in [0.1, 0.15) is 0 Å². The van der Waals surface area contributed by atoms with Gasteiger partial charge in [-0.3, -0.25) is 14.9 Å². The van der Waals surface area contributed by atoms with Gasteiger partial charge in [-0.1, -0.05) is 12.1 Å². The van der Waals surface area contributed by atoms with Crippen LogP contribution in [0.2, 0.25) is 0 Å². The molecule has 9 heteroatoms. The van der Waals surface area contributed by atoms with Crippen molar-refractivity contribution >= 4 is 23.5 Å². The molecule has 2 fully saturated rings. The largest absolute Gasteiger partial charge is 0.397 e. The molecule has 1 aromatic carbocycles. The maximum atomic E-state index is 13.1. The Labute approximate surface area is 147 Å². The zero-order valence-electron chi connectivity index (χ0n) is 14.2. The van der Waals surface area contributed by atoms with Gasteiger partial charge >= 0.3 is 12.2 Å². The third-order valence-electron chi connectivity index (χ3n) is 5.09. The number of urea groups is 1. The first-order valence-corrected chi connectivity index (χ1v) is 8.08. The minimum absolute atomic E-state index is 0.0842. The van der Waals surface area contributed by atoms with Crippen molar-refractivity contribution < 1.29 is 27.6 Å². The smallest absolute Gasteiger partial charge is 0.323 e. The molecule has 4 amide bonds. The van der Waals surface area contributed by atoms with E-state index in [4.69, 9.17) is 0 Å². The fourth-order valence-electron chi connectivity index (χ4n) is 3.14. The van der Waals surface area contributed by atoms with Gasteiger partial charge in [0.05, 0.1) is 17.3 Å². The zero-order valence-corrected chi connectivity index (χ0v) is 14.2. The fourth-order valence-corrected chi connectivity index (χ4v) is 3.14. The van der Waals surface area contributed by atoms with Crippen LogP contribution in [0.15, 0.2) is 24.3 Å². The second kappa shape index (κ2) is 6.00. The van der Waals surface area contributed by atoms with E-state index in [0.717, 1.165) is 13.8 Å². The minimum Gasteiger partial charge on any atom is -0.323 e. The highest BCUT2D eigenvalue weighted by Crippen LogP contribution is 2.40. The Kier molecular flexibility index (Phi) is 4.20. The van der Waals surface area contributed by atoms with Crippen molar-refractivity contribution in [3.05, 3.63) is 29.8 Å². The summed E-state index contributed by atoms with van der Waals surface area (Å²) in [5.74, 6) is -1.84. The van der Waals surface area contributed by atoms with Crippen molar-refractivity contribution in [1.29, 1.82) is 0 Å². The first-order valence-electron chi connectivity index (χ1n) is 8.08. The molecular weight excluding hydrogens is 351 g/mol. The van der Waals surface area contributed by atoms with Crippen LogP contribution in [0.25, 0.3) is 0 Å². The number of imide groups is 1. The Morgan fingerprint density at radius 3 is 2.04 bits per heavy atom. The van der Waals surface area contributed by atoms with E-state index < -0.39 is 29.5 Å². The van der Waals surface area contributed by atoms with Crippen LogP contribution in [0.1, 0.15) is 19.4 Å². The summed E-state index contributed by atoms with van der Waals surface area (Å²) in [6, 6.07) is 4.94. The van der Waals surface area contributed by atoms with Crippen LogP contribution in [-0.4, -0.2) is 42.0 Å². The van der Waals surface area contributed by atoms with Gasteiger partial charge in [-0.2, -0.15) is 13.2 Å². The lowest BCUT2D eigenvalue weighted by Crippen LogP contribution is -2.37. The molecule has 0 aromatic heterocycles. The van der Waals surface area contributed by atoms with E-state index in [9.17, 15) is 27.6 Å². The van der Waals surface area contributed by atoms with Crippen molar-refractivity contribution in [2.75, 3.05) is 18.4 Å². The number of anilines is 1. The molecule has 0 aliphatic carbocycles. The summed E-state index contributed by atoms with van der Waals surface area (Å²) < 4.78 is 39.2. The normalized spacial score (nSPS) is 23.0. The second-order valence-corrected chi connectivity index (χ2v) is 7.10. The van der Waals surface area contributed by atoms with Gasteiger partial charge in [0.2, 0.25) is 11.8 Å². The third kappa shape index (κ3) is 3.02. The highest BCUT2D eigenvalue weighted by molar-refractivity contribution is 6.06. The molecular formula is C17H18F3N3O3. The number of nitrogens with one attached hydrogen (secondary N) is 2. The number of benzene rings is 1. The van der Waals surface area contributed by atoms with Gasteiger partial charge in [-0.25, -0.2) is 4.79 Å². The summed E-state index contributed by atoms with van der Waals surface area (Å²) >= 11 is 0. The van der Waals surface area contributed by atoms with Gasteiger partial charge in [-0.15, -0.1) is 0 Å². The summed E-state index contributed by atoms with van der Waals surface area (Å²) in [7, 11) is 0. The standard InChI is InChI=1S/C17H18F3N3O3/c1-16(2,17(18,19)20)9-3-5-10(6-4-9)21-15(26)23-7-11-12(8-23)14(25)22-13(11)24/h3-6,11-12H,7-8H2,1-2H3,(H,21,26)(H,22,24,25)/t11-,12+. The molecule has 2 N–H and O–H groups in total. The second-order valence-electron chi connectivity index (χ2n) is 7.10. The fraction of sp³-hybridized carbons (Fsp3) is 0.471. The van der Waals surface area contributed by atoms with E-state index in [0.29, 0.717) is 5.69 Å². The number of likely N-dealkylation sites (tertiary alicyclic amines) is 1. The quantitative estimate of drug-likeness (QED) is 0.785.